The molecule has 1 heterocycles. The van der Waals surface area contributed by atoms with E-state index in [4.69, 9.17) is 10.3 Å². The van der Waals surface area contributed by atoms with Gasteiger partial charge in [-0.05, 0) is 5.92 Å². The van der Waals surface area contributed by atoms with Gasteiger partial charge in [0.05, 0.1) is 12.5 Å². The molecule has 98 valence electrons. The molecule has 0 bridgehead atoms. The van der Waals surface area contributed by atoms with Crippen molar-refractivity contribution < 1.29 is 17.7 Å². The Balaban J connectivity index is 2.59. The molecule has 2 atom stereocenters. The van der Waals surface area contributed by atoms with Crippen molar-refractivity contribution in [2.45, 2.75) is 45.3 Å². The second kappa shape index (κ2) is 5.48. The minimum Gasteiger partial charge on any atom is -0.338 e. The highest BCUT2D eigenvalue weighted by Gasteiger charge is 2.28. The Hall–Kier alpha value is -1.11. The zero-order chi connectivity index (χ0) is 13.1. The third-order valence-electron chi connectivity index (χ3n) is 2.66. The lowest BCUT2D eigenvalue weighted by Gasteiger charge is -2.12. The van der Waals surface area contributed by atoms with Crippen molar-refractivity contribution in [2.24, 2.45) is 11.7 Å². The summed E-state index contributed by atoms with van der Waals surface area (Å²) in [6.45, 7) is 3.88. The number of nitrogens with two attached hydrogens (primary N) is 1. The first-order chi connectivity index (χ1) is 7.83. The summed E-state index contributed by atoms with van der Waals surface area (Å²) in [5.41, 5.74) is 5.83. The first kappa shape index (κ1) is 14.0. The summed E-state index contributed by atoms with van der Waals surface area (Å²) in [6, 6.07) is -0.424. The third kappa shape index (κ3) is 4.33. The smallest absolute Gasteiger partial charge is 0.338 e. The second-order valence-electron chi connectivity index (χ2n) is 4.08. The molecule has 0 aromatic carbocycles. The van der Waals surface area contributed by atoms with Gasteiger partial charge in [-0.1, -0.05) is 25.4 Å². The Bertz CT molecular complexity index is 351. The van der Waals surface area contributed by atoms with Gasteiger partial charge in [-0.25, -0.2) is 0 Å². The first-order valence-corrected chi connectivity index (χ1v) is 5.48. The fourth-order valence-corrected chi connectivity index (χ4v) is 1.26. The summed E-state index contributed by atoms with van der Waals surface area (Å²) >= 11 is 0. The minimum atomic E-state index is -4.21. The average molecular weight is 251 g/mol. The van der Waals surface area contributed by atoms with Gasteiger partial charge < -0.3 is 10.3 Å². The van der Waals surface area contributed by atoms with Crippen molar-refractivity contribution in [2.75, 3.05) is 0 Å². The average Bonchev–Trinajstić information content (AvgIpc) is 2.72. The van der Waals surface area contributed by atoms with Crippen LogP contribution < -0.4 is 5.73 Å². The van der Waals surface area contributed by atoms with Gasteiger partial charge in [0.1, 0.15) is 0 Å². The second-order valence-corrected chi connectivity index (χ2v) is 4.08. The largest absolute Gasteiger partial charge is 0.389 e. The lowest BCUT2D eigenvalue weighted by molar-refractivity contribution is -0.134. The van der Waals surface area contributed by atoms with Crippen molar-refractivity contribution in [3.05, 3.63) is 11.7 Å². The van der Waals surface area contributed by atoms with E-state index in [1.54, 1.807) is 0 Å². The van der Waals surface area contributed by atoms with Gasteiger partial charge in [-0.3, -0.25) is 0 Å². The molecule has 1 rings (SSSR count). The summed E-state index contributed by atoms with van der Waals surface area (Å²) < 4.78 is 40.8. The molecule has 7 heteroatoms. The molecule has 1 aromatic rings. The number of hydrogen-bond donors (Lipinski definition) is 1. The monoisotopic (exact) mass is 251 g/mol. The maximum atomic E-state index is 12.0. The zero-order valence-electron chi connectivity index (χ0n) is 9.79. The van der Waals surface area contributed by atoms with Crippen LogP contribution in [0.15, 0.2) is 4.52 Å². The van der Waals surface area contributed by atoms with E-state index in [1.165, 1.54) is 0 Å². The molecule has 0 aliphatic rings. The Morgan fingerprint density at radius 1 is 1.41 bits per heavy atom. The third-order valence-corrected chi connectivity index (χ3v) is 2.66. The number of alkyl halides is 3. The predicted octanol–water partition coefficient (Wildman–Crippen LogP) is 2.61. The molecule has 0 aliphatic heterocycles. The van der Waals surface area contributed by atoms with Crippen molar-refractivity contribution in [3.8, 4) is 0 Å². The summed E-state index contributed by atoms with van der Waals surface area (Å²) in [5.74, 6) is 0.401. The van der Waals surface area contributed by atoms with Crippen LogP contribution in [-0.2, 0) is 6.42 Å². The van der Waals surface area contributed by atoms with Crippen molar-refractivity contribution >= 4 is 0 Å². The van der Waals surface area contributed by atoms with Gasteiger partial charge >= 0.3 is 6.18 Å². The van der Waals surface area contributed by atoms with Crippen LogP contribution in [0, 0.1) is 5.92 Å². The summed E-state index contributed by atoms with van der Waals surface area (Å²) in [6.07, 6.45) is -4.61. The van der Waals surface area contributed by atoms with E-state index < -0.39 is 18.6 Å². The van der Waals surface area contributed by atoms with Crippen LogP contribution in [0.3, 0.4) is 0 Å². The molecule has 0 fully saturated rings. The molecule has 1 aromatic heterocycles. The molecule has 0 unspecified atom stereocenters. The highest BCUT2D eigenvalue weighted by atomic mass is 19.4. The standard InChI is InChI=1S/C10H16F3N3O/c1-3-6(2)8(14)9-15-7(16-17-9)4-5-10(11,12)13/h6,8H,3-5,14H2,1-2H3/t6-,8-/m0/s1. The van der Waals surface area contributed by atoms with Gasteiger partial charge in [0.15, 0.2) is 5.82 Å². The Morgan fingerprint density at radius 3 is 2.59 bits per heavy atom. The van der Waals surface area contributed by atoms with Crippen LogP contribution in [0.5, 0.6) is 0 Å². The molecule has 0 saturated carbocycles. The molecule has 2 N–H and O–H groups in total. The summed E-state index contributed by atoms with van der Waals surface area (Å²) in [4.78, 5) is 3.88. The van der Waals surface area contributed by atoms with Gasteiger partial charge in [-0.2, -0.15) is 18.2 Å². The van der Waals surface area contributed by atoms with E-state index in [-0.39, 0.29) is 24.1 Å². The van der Waals surface area contributed by atoms with Crippen LogP contribution in [0.4, 0.5) is 13.2 Å². The van der Waals surface area contributed by atoms with E-state index in [0.717, 1.165) is 6.42 Å². The molecular weight excluding hydrogens is 235 g/mol. The van der Waals surface area contributed by atoms with E-state index in [1.807, 2.05) is 13.8 Å². The van der Waals surface area contributed by atoms with Crippen molar-refractivity contribution in [1.82, 2.24) is 10.1 Å². The number of aromatic nitrogens is 2. The molecule has 0 amide bonds. The van der Waals surface area contributed by atoms with Crippen LogP contribution in [0.2, 0.25) is 0 Å². The number of halogens is 3. The Labute approximate surface area is 97.4 Å². The number of nitrogens with zero attached hydrogens (tertiary/aromatic N) is 2. The predicted molar refractivity (Wildman–Crippen MR) is 55.1 cm³/mol. The lowest BCUT2D eigenvalue weighted by atomic mass is 10.0. The highest BCUT2D eigenvalue weighted by molar-refractivity contribution is 4.93. The number of hydrogen-bond acceptors (Lipinski definition) is 4. The van der Waals surface area contributed by atoms with Gasteiger partial charge in [0.2, 0.25) is 5.89 Å². The van der Waals surface area contributed by atoms with Gasteiger partial charge in [0, 0.05) is 6.42 Å². The van der Waals surface area contributed by atoms with Crippen LogP contribution in [0.25, 0.3) is 0 Å². The van der Waals surface area contributed by atoms with Crippen LogP contribution in [-0.4, -0.2) is 16.3 Å². The van der Waals surface area contributed by atoms with E-state index in [2.05, 4.69) is 10.1 Å². The Kier molecular flexibility index (Phi) is 4.50. The van der Waals surface area contributed by atoms with Crippen LogP contribution >= 0.6 is 0 Å². The lowest BCUT2D eigenvalue weighted by Crippen LogP contribution is -2.19. The van der Waals surface area contributed by atoms with Gasteiger partial charge in [0.25, 0.3) is 0 Å². The molecule has 0 radical (unpaired) electrons. The Morgan fingerprint density at radius 2 is 2.06 bits per heavy atom. The zero-order valence-corrected chi connectivity index (χ0v) is 9.79. The molecule has 0 aliphatic carbocycles. The number of rotatable bonds is 5. The molecule has 17 heavy (non-hydrogen) atoms. The number of aryl methyl sites for hydroxylation is 1. The van der Waals surface area contributed by atoms with Gasteiger partial charge in [-0.15, -0.1) is 0 Å². The maximum Gasteiger partial charge on any atom is 0.389 e. The maximum absolute atomic E-state index is 12.0. The topological polar surface area (TPSA) is 64.9 Å². The summed E-state index contributed by atoms with van der Waals surface area (Å²) in [5, 5.41) is 3.49. The summed E-state index contributed by atoms with van der Waals surface area (Å²) in [7, 11) is 0. The first-order valence-electron chi connectivity index (χ1n) is 5.48. The normalized spacial score (nSPS) is 15.9. The van der Waals surface area contributed by atoms with Crippen molar-refractivity contribution in [1.29, 1.82) is 0 Å². The fourth-order valence-electron chi connectivity index (χ4n) is 1.26. The van der Waals surface area contributed by atoms with E-state index >= 15 is 0 Å². The quantitative estimate of drug-likeness (QED) is 0.873. The fraction of sp³-hybridized carbons (Fsp3) is 0.800. The molecule has 0 saturated heterocycles. The van der Waals surface area contributed by atoms with Crippen molar-refractivity contribution in [3.63, 3.8) is 0 Å². The highest BCUT2D eigenvalue weighted by Crippen LogP contribution is 2.23. The SMILES string of the molecule is CC[C@H](C)[C@H](N)c1nc(CCC(F)(F)F)no1. The molecular formula is C10H16F3N3O. The molecule has 0 spiro atoms. The molecule has 4 nitrogen and oxygen atoms in total. The minimum absolute atomic E-state index is 0.0519. The van der Waals surface area contributed by atoms with E-state index in [0.29, 0.717) is 0 Å². The van der Waals surface area contributed by atoms with E-state index in [9.17, 15) is 13.2 Å². The van der Waals surface area contributed by atoms with Crippen LogP contribution in [0.1, 0.15) is 44.4 Å².